The number of likely N-dealkylation sites (N-methyl/N-ethyl adjacent to an activating group) is 1. The molecule has 118 valence electrons. The minimum atomic E-state index is -0.434. The number of methoxy groups -OCH3 is 1. The van der Waals surface area contributed by atoms with Gasteiger partial charge in [-0.15, -0.1) is 0 Å². The Balaban J connectivity index is 2.27. The summed E-state index contributed by atoms with van der Waals surface area (Å²) in [4.78, 5) is 13.6. The van der Waals surface area contributed by atoms with E-state index in [1.165, 1.54) is 0 Å². The molecule has 1 amide bonds. The maximum atomic E-state index is 11.7. The predicted octanol–water partition coefficient (Wildman–Crippen LogP) is 3.55. The van der Waals surface area contributed by atoms with E-state index in [2.05, 4.69) is 21.2 Å². The lowest BCUT2D eigenvalue weighted by Crippen LogP contribution is -2.41. The summed E-state index contributed by atoms with van der Waals surface area (Å²) in [5, 5.41) is 2.83. The van der Waals surface area contributed by atoms with E-state index in [4.69, 9.17) is 9.47 Å². The van der Waals surface area contributed by atoms with E-state index < -0.39 is 12.2 Å². The third kappa shape index (κ3) is 3.62. The Labute approximate surface area is 138 Å². The van der Waals surface area contributed by atoms with Crippen LogP contribution >= 0.6 is 15.9 Å². The predicted molar refractivity (Wildman–Crippen MR) is 88.7 cm³/mol. The summed E-state index contributed by atoms with van der Waals surface area (Å²) in [5.74, 6) is 0.727. The molecule has 0 spiro atoms. The van der Waals surface area contributed by atoms with E-state index in [0.717, 1.165) is 15.9 Å². The zero-order chi connectivity index (χ0) is 16.1. The molecule has 1 saturated heterocycles. The number of cyclic esters (lactones) is 1. The lowest BCUT2D eigenvalue weighted by molar-refractivity contribution is 0.108. The minimum Gasteiger partial charge on any atom is -0.497 e. The second kappa shape index (κ2) is 7.35. The molecular weight excluding hydrogens is 348 g/mol. The van der Waals surface area contributed by atoms with Gasteiger partial charge in [0.1, 0.15) is 11.9 Å². The van der Waals surface area contributed by atoms with Crippen molar-refractivity contribution in [2.45, 2.75) is 19.2 Å². The maximum absolute atomic E-state index is 11.7. The van der Waals surface area contributed by atoms with Gasteiger partial charge in [0.15, 0.2) is 6.10 Å². The van der Waals surface area contributed by atoms with Crippen LogP contribution in [-0.2, 0) is 4.74 Å². The Bertz CT molecular complexity index is 601. The number of allylic oxidation sites excluding steroid dienone is 3. The molecule has 0 bridgehead atoms. The van der Waals surface area contributed by atoms with Crippen molar-refractivity contribution in [3.8, 4) is 5.75 Å². The highest BCUT2D eigenvalue weighted by molar-refractivity contribution is 9.11. The average Bonchev–Trinajstić information content (AvgIpc) is 2.93. The first-order valence-corrected chi connectivity index (χ1v) is 7.68. The van der Waals surface area contributed by atoms with Gasteiger partial charge in [-0.3, -0.25) is 5.32 Å². The molecule has 1 N–H and O–H groups in total. The molecule has 1 aliphatic rings. The highest BCUT2D eigenvalue weighted by Gasteiger charge is 2.38. The van der Waals surface area contributed by atoms with Crippen LogP contribution in [0.4, 0.5) is 4.79 Å². The number of hydrogen-bond donors (Lipinski definition) is 1. The van der Waals surface area contributed by atoms with Crippen molar-refractivity contribution in [1.29, 1.82) is 0 Å². The summed E-state index contributed by atoms with van der Waals surface area (Å²) in [7, 11) is 3.49. The van der Waals surface area contributed by atoms with Crippen LogP contribution < -0.4 is 10.1 Å². The van der Waals surface area contributed by atoms with Gasteiger partial charge in [0.2, 0.25) is 0 Å². The van der Waals surface area contributed by atoms with Gasteiger partial charge in [0.25, 0.3) is 0 Å². The highest BCUT2D eigenvalue weighted by Crippen LogP contribution is 2.32. The Hall–Kier alpha value is -1.95. The average molecular weight is 367 g/mol. The Kier molecular flexibility index (Phi) is 5.49. The third-order valence-corrected chi connectivity index (χ3v) is 4.21. The van der Waals surface area contributed by atoms with Gasteiger partial charge in [-0.05, 0) is 41.1 Å². The summed E-state index contributed by atoms with van der Waals surface area (Å²) in [6.07, 6.45) is 4.59. The standard InChI is InChI=1S/C16H19BrN2O3/c1-4-5-9-13(17)19(2)15-14(22-16(20)18-15)11-7-6-8-12(10-11)21-3/h4-10,14-15H,1-3H3,(H,18,20)/b5-4-,13-9-/t14-,15?/m1/s1. The summed E-state index contributed by atoms with van der Waals surface area (Å²) >= 11 is 3.51. The second-order valence-corrected chi connectivity index (χ2v) is 5.63. The molecule has 1 aromatic carbocycles. The molecule has 1 heterocycles. The second-order valence-electron chi connectivity index (χ2n) is 4.82. The summed E-state index contributed by atoms with van der Waals surface area (Å²) in [6, 6.07) is 7.52. The third-order valence-electron chi connectivity index (χ3n) is 3.39. The van der Waals surface area contributed by atoms with Crippen LogP contribution in [0.5, 0.6) is 5.75 Å². The van der Waals surface area contributed by atoms with Crippen LogP contribution in [0.2, 0.25) is 0 Å². The zero-order valence-corrected chi connectivity index (χ0v) is 14.3. The van der Waals surface area contributed by atoms with Crippen LogP contribution in [0.1, 0.15) is 18.6 Å². The molecule has 22 heavy (non-hydrogen) atoms. The van der Waals surface area contributed by atoms with E-state index in [1.807, 2.05) is 61.4 Å². The molecule has 0 saturated carbocycles. The van der Waals surface area contributed by atoms with Gasteiger partial charge in [-0.1, -0.05) is 24.3 Å². The molecule has 2 rings (SSSR count). The number of ether oxygens (including phenoxy) is 2. The van der Waals surface area contributed by atoms with Crippen molar-refractivity contribution in [3.05, 3.63) is 52.7 Å². The topological polar surface area (TPSA) is 50.8 Å². The molecule has 5 nitrogen and oxygen atoms in total. The van der Waals surface area contributed by atoms with Crippen LogP contribution in [-0.4, -0.2) is 31.3 Å². The largest absolute Gasteiger partial charge is 0.497 e. The van der Waals surface area contributed by atoms with E-state index in [-0.39, 0.29) is 6.17 Å². The van der Waals surface area contributed by atoms with E-state index >= 15 is 0 Å². The highest BCUT2D eigenvalue weighted by atomic mass is 79.9. The van der Waals surface area contributed by atoms with Crippen molar-refractivity contribution in [2.24, 2.45) is 0 Å². The Morgan fingerprint density at radius 3 is 2.95 bits per heavy atom. The summed E-state index contributed by atoms with van der Waals surface area (Å²) in [6.45, 7) is 1.94. The number of rotatable bonds is 5. The first kappa shape index (κ1) is 16.4. The lowest BCUT2D eigenvalue weighted by atomic mass is 10.1. The fourth-order valence-electron chi connectivity index (χ4n) is 2.21. The fourth-order valence-corrected chi connectivity index (χ4v) is 2.58. The number of carbonyl (C=O) groups excluding carboxylic acids is 1. The Morgan fingerprint density at radius 1 is 1.50 bits per heavy atom. The van der Waals surface area contributed by atoms with E-state index in [9.17, 15) is 4.79 Å². The number of amides is 1. The summed E-state index contributed by atoms with van der Waals surface area (Å²) < 4.78 is 11.5. The molecule has 2 atom stereocenters. The molecule has 1 fully saturated rings. The molecule has 1 aromatic rings. The van der Waals surface area contributed by atoms with Gasteiger partial charge >= 0.3 is 6.09 Å². The van der Waals surface area contributed by atoms with Gasteiger partial charge in [-0.25, -0.2) is 4.79 Å². The first-order chi connectivity index (χ1) is 10.6. The number of nitrogens with zero attached hydrogens (tertiary/aromatic N) is 1. The quantitative estimate of drug-likeness (QED) is 0.639. The van der Waals surface area contributed by atoms with Crippen LogP contribution in [0.3, 0.4) is 0 Å². The van der Waals surface area contributed by atoms with Crippen molar-refractivity contribution in [3.63, 3.8) is 0 Å². The fraction of sp³-hybridized carbons (Fsp3) is 0.312. The number of carbonyl (C=O) groups is 1. The molecule has 1 unspecified atom stereocenters. The van der Waals surface area contributed by atoms with Crippen molar-refractivity contribution < 1.29 is 14.3 Å². The minimum absolute atomic E-state index is 0.310. The lowest BCUT2D eigenvalue weighted by Gasteiger charge is -2.28. The molecular formula is C16H19BrN2O3. The van der Waals surface area contributed by atoms with Gasteiger partial charge in [-0.2, -0.15) is 0 Å². The molecule has 6 heteroatoms. The number of halogens is 1. The van der Waals surface area contributed by atoms with Crippen molar-refractivity contribution in [1.82, 2.24) is 10.2 Å². The van der Waals surface area contributed by atoms with Gasteiger partial charge in [0.05, 0.1) is 11.7 Å². The molecule has 1 aliphatic heterocycles. The van der Waals surface area contributed by atoms with Crippen molar-refractivity contribution in [2.75, 3.05) is 14.2 Å². The number of nitrogens with one attached hydrogen (secondary N) is 1. The summed E-state index contributed by atoms with van der Waals surface area (Å²) in [5.41, 5.74) is 0.876. The van der Waals surface area contributed by atoms with Crippen LogP contribution in [0.25, 0.3) is 0 Å². The van der Waals surface area contributed by atoms with Gasteiger partial charge < -0.3 is 14.4 Å². The SMILES string of the molecule is C/C=C\C=C(\Br)N(C)C1NC(=O)O[C@@H]1c1cccc(OC)c1. The number of benzene rings is 1. The van der Waals surface area contributed by atoms with Crippen LogP contribution in [0.15, 0.2) is 47.1 Å². The number of hydrogen-bond acceptors (Lipinski definition) is 4. The van der Waals surface area contributed by atoms with E-state index in [1.54, 1.807) is 7.11 Å². The smallest absolute Gasteiger partial charge is 0.409 e. The number of alkyl carbamates (subject to hydrolysis) is 1. The monoisotopic (exact) mass is 366 g/mol. The maximum Gasteiger partial charge on any atom is 0.409 e. The van der Waals surface area contributed by atoms with Gasteiger partial charge in [0, 0.05) is 12.6 Å². The van der Waals surface area contributed by atoms with E-state index in [0.29, 0.717) is 0 Å². The Morgan fingerprint density at radius 2 is 2.27 bits per heavy atom. The van der Waals surface area contributed by atoms with Crippen LogP contribution in [0, 0.1) is 0 Å². The normalized spacial score (nSPS) is 21.6. The zero-order valence-electron chi connectivity index (χ0n) is 12.7. The van der Waals surface area contributed by atoms with Crippen molar-refractivity contribution >= 4 is 22.0 Å². The molecule has 0 radical (unpaired) electrons. The first-order valence-electron chi connectivity index (χ1n) is 6.89. The molecule has 0 aromatic heterocycles. The molecule has 0 aliphatic carbocycles.